The molecule has 1 atom stereocenters. The fourth-order valence-corrected chi connectivity index (χ4v) is 2.36. The standard InChI is InChI=1S/C16H27N5O2/c1-4-12(2)18-15-11-14(19-13(3)20-15)16(22)17-5-6-21-7-9-23-10-8-21/h11-12H,4-10H2,1-3H3,(H,17,22)(H,18,19,20). The molecule has 0 saturated carbocycles. The summed E-state index contributed by atoms with van der Waals surface area (Å²) >= 11 is 0. The predicted molar refractivity (Wildman–Crippen MR) is 89.7 cm³/mol. The Balaban J connectivity index is 1.87. The zero-order valence-electron chi connectivity index (χ0n) is 14.3. The maximum Gasteiger partial charge on any atom is 0.270 e. The number of nitrogens with zero attached hydrogens (tertiary/aromatic N) is 3. The lowest BCUT2D eigenvalue weighted by molar-refractivity contribution is 0.0383. The first-order valence-electron chi connectivity index (χ1n) is 8.29. The van der Waals surface area contributed by atoms with Crippen LogP contribution in [0.4, 0.5) is 5.82 Å². The molecule has 23 heavy (non-hydrogen) atoms. The number of rotatable bonds is 7. The second kappa shape index (κ2) is 8.79. The molecule has 0 aliphatic carbocycles. The minimum atomic E-state index is -0.157. The Morgan fingerprint density at radius 1 is 1.39 bits per heavy atom. The highest BCUT2D eigenvalue weighted by Gasteiger charge is 2.13. The number of morpholine rings is 1. The zero-order chi connectivity index (χ0) is 16.7. The Kier molecular flexibility index (Phi) is 6.73. The quantitative estimate of drug-likeness (QED) is 0.782. The summed E-state index contributed by atoms with van der Waals surface area (Å²) in [5, 5.41) is 6.21. The molecule has 1 fully saturated rings. The van der Waals surface area contributed by atoms with Crippen molar-refractivity contribution in [2.24, 2.45) is 0 Å². The molecule has 1 aliphatic rings. The summed E-state index contributed by atoms with van der Waals surface area (Å²) in [5.41, 5.74) is 0.408. The lowest BCUT2D eigenvalue weighted by atomic mass is 10.2. The molecular weight excluding hydrogens is 294 g/mol. The van der Waals surface area contributed by atoms with Gasteiger partial charge in [0.25, 0.3) is 5.91 Å². The van der Waals surface area contributed by atoms with Crippen molar-refractivity contribution in [2.45, 2.75) is 33.2 Å². The number of ether oxygens (including phenoxy) is 1. The minimum absolute atomic E-state index is 0.157. The molecule has 2 rings (SSSR count). The molecule has 0 bridgehead atoms. The van der Waals surface area contributed by atoms with E-state index in [4.69, 9.17) is 4.74 Å². The van der Waals surface area contributed by atoms with Crippen LogP contribution in [-0.2, 0) is 4.74 Å². The number of anilines is 1. The first-order chi connectivity index (χ1) is 11.1. The van der Waals surface area contributed by atoms with Crippen molar-refractivity contribution >= 4 is 11.7 Å². The summed E-state index contributed by atoms with van der Waals surface area (Å²) in [4.78, 5) is 23.1. The fourth-order valence-electron chi connectivity index (χ4n) is 2.36. The van der Waals surface area contributed by atoms with Gasteiger partial charge >= 0.3 is 0 Å². The van der Waals surface area contributed by atoms with Crippen molar-refractivity contribution < 1.29 is 9.53 Å². The number of aryl methyl sites for hydroxylation is 1. The first kappa shape index (κ1) is 17.6. The molecule has 0 radical (unpaired) electrons. The molecule has 0 spiro atoms. The summed E-state index contributed by atoms with van der Waals surface area (Å²) in [7, 11) is 0. The maximum atomic E-state index is 12.3. The third kappa shape index (κ3) is 5.76. The topological polar surface area (TPSA) is 79.4 Å². The van der Waals surface area contributed by atoms with Crippen molar-refractivity contribution in [3.63, 3.8) is 0 Å². The molecule has 1 saturated heterocycles. The number of hydrogen-bond donors (Lipinski definition) is 2. The molecule has 1 amide bonds. The van der Waals surface area contributed by atoms with E-state index >= 15 is 0 Å². The third-order valence-electron chi connectivity index (χ3n) is 3.89. The van der Waals surface area contributed by atoms with Crippen LogP contribution in [0.1, 0.15) is 36.6 Å². The summed E-state index contributed by atoms with van der Waals surface area (Å²) in [5.74, 6) is 1.14. The highest BCUT2D eigenvalue weighted by atomic mass is 16.5. The molecule has 0 aromatic carbocycles. The van der Waals surface area contributed by atoms with E-state index in [2.05, 4.69) is 39.3 Å². The largest absolute Gasteiger partial charge is 0.379 e. The number of nitrogens with one attached hydrogen (secondary N) is 2. The summed E-state index contributed by atoms with van der Waals surface area (Å²) in [6.45, 7) is 10.8. The van der Waals surface area contributed by atoms with Crippen LogP contribution in [0.15, 0.2) is 6.07 Å². The van der Waals surface area contributed by atoms with Crippen LogP contribution in [0.5, 0.6) is 0 Å². The van der Waals surface area contributed by atoms with Gasteiger partial charge in [0, 0.05) is 38.3 Å². The predicted octanol–water partition coefficient (Wildman–Crippen LogP) is 1.06. The van der Waals surface area contributed by atoms with Gasteiger partial charge in [-0.05, 0) is 20.3 Å². The van der Waals surface area contributed by atoms with Crippen molar-refractivity contribution in [3.8, 4) is 0 Å². The lowest BCUT2D eigenvalue weighted by Gasteiger charge is -2.26. The van der Waals surface area contributed by atoms with Gasteiger partial charge in [-0.25, -0.2) is 9.97 Å². The maximum absolute atomic E-state index is 12.3. The average molecular weight is 321 g/mol. The van der Waals surface area contributed by atoms with Crippen LogP contribution in [0.3, 0.4) is 0 Å². The highest BCUT2D eigenvalue weighted by Crippen LogP contribution is 2.09. The number of hydrogen-bond acceptors (Lipinski definition) is 6. The normalized spacial score (nSPS) is 16.8. The van der Waals surface area contributed by atoms with E-state index in [0.29, 0.717) is 29.9 Å². The molecule has 2 heterocycles. The summed E-state index contributed by atoms with van der Waals surface area (Å²) in [6.07, 6.45) is 0.990. The van der Waals surface area contributed by atoms with Crippen LogP contribution in [-0.4, -0.2) is 66.2 Å². The smallest absolute Gasteiger partial charge is 0.270 e. The van der Waals surface area contributed by atoms with E-state index in [9.17, 15) is 4.79 Å². The van der Waals surface area contributed by atoms with Crippen molar-refractivity contribution in [1.82, 2.24) is 20.2 Å². The van der Waals surface area contributed by atoms with Gasteiger partial charge in [-0.15, -0.1) is 0 Å². The lowest BCUT2D eigenvalue weighted by Crippen LogP contribution is -2.41. The second-order valence-electron chi connectivity index (χ2n) is 5.85. The minimum Gasteiger partial charge on any atom is -0.379 e. The van der Waals surface area contributed by atoms with Gasteiger partial charge in [-0.1, -0.05) is 6.92 Å². The van der Waals surface area contributed by atoms with E-state index in [1.165, 1.54) is 0 Å². The van der Waals surface area contributed by atoms with Gasteiger partial charge in [-0.2, -0.15) is 0 Å². The Morgan fingerprint density at radius 2 is 2.13 bits per heavy atom. The Bertz CT molecular complexity index is 517. The monoisotopic (exact) mass is 321 g/mol. The van der Waals surface area contributed by atoms with Gasteiger partial charge in [0.2, 0.25) is 0 Å². The first-order valence-corrected chi connectivity index (χ1v) is 8.29. The summed E-state index contributed by atoms with van der Waals surface area (Å²) in [6, 6.07) is 2.02. The Labute approximate surface area is 137 Å². The molecule has 1 aliphatic heterocycles. The van der Waals surface area contributed by atoms with Gasteiger partial charge in [-0.3, -0.25) is 9.69 Å². The Hall–Kier alpha value is -1.73. The third-order valence-corrected chi connectivity index (χ3v) is 3.89. The van der Waals surface area contributed by atoms with E-state index in [1.807, 2.05) is 0 Å². The number of amides is 1. The number of carbonyl (C=O) groups excluding carboxylic acids is 1. The van der Waals surface area contributed by atoms with E-state index in [0.717, 1.165) is 39.3 Å². The Morgan fingerprint density at radius 3 is 2.83 bits per heavy atom. The average Bonchev–Trinajstić information content (AvgIpc) is 2.55. The van der Waals surface area contributed by atoms with Crippen molar-refractivity contribution in [3.05, 3.63) is 17.6 Å². The van der Waals surface area contributed by atoms with E-state index in [-0.39, 0.29) is 5.91 Å². The van der Waals surface area contributed by atoms with Crippen molar-refractivity contribution in [2.75, 3.05) is 44.7 Å². The van der Waals surface area contributed by atoms with E-state index < -0.39 is 0 Å². The van der Waals surface area contributed by atoms with Crippen LogP contribution in [0.2, 0.25) is 0 Å². The molecule has 1 unspecified atom stereocenters. The molecule has 7 heteroatoms. The number of carbonyl (C=O) groups is 1. The van der Waals surface area contributed by atoms with Crippen molar-refractivity contribution in [1.29, 1.82) is 0 Å². The van der Waals surface area contributed by atoms with Crippen LogP contribution in [0.25, 0.3) is 0 Å². The molecule has 128 valence electrons. The summed E-state index contributed by atoms with van der Waals surface area (Å²) < 4.78 is 5.31. The molecule has 2 N–H and O–H groups in total. The zero-order valence-corrected chi connectivity index (χ0v) is 14.3. The molecule has 7 nitrogen and oxygen atoms in total. The highest BCUT2D eigenvalue weighted by molar-refractivity contribution is 5.92. The molecule has 1 aromatic heterocycles. The molecule has 1 aromatic rings. The SMILES string of the molecule is CCC(C)Nc1cc(C(=O)NCCN2CCOCC2)nc(C)n1. The van der Waals surface area contributed by atoms with E-state index in [1.54, 1.807) is 13.0 Å². The van der Waals surface area contributed by atoms with Gasteiger partial charge in [0.1, 0.15) is 17.3 Å². The van der Waals surface area contributed by atoms with Gasteiger partial charge in [0.05, 0.1) is 13.2 Å². The van der Waals surface area contributed by atoms with Crippen LogP contribution < -0.4 is 10.6 Å². The molecular formula is C16H27N5O2. The number of aromatic nitrogens is 2. The second-order valence-corrected chi connectivity index (χ2v) is 5.85. The fraction of sp³-hybridized carbons (Fsp3) is 0.688. The van der Waals surface area contributed by atoms with Crippen LogP contribution in [0, 0.1) is 6.92 Å². The van der Waals surface area contributed by atoms with Crippen LogP contribution >= 0.6 is 0 Å². The van der Waals surface area contributed by atoms with Gasteiger partial charge in [0.15, 0.2) is 0 Å². The van der Waals surface area contributed by atoms with Gasteiger partial charge < -0.3 is 15.4 Å².